The third-order valence-corrected chi connectivity index (χ3v) is 6.70. The van der Waals surface area contributed by atoms with Gasteiger partial charge in [0.25, 0.3) is 5.91 Å². The topological polar surface area (TPSA) is 61.1 Å². The van der Waals surface area contributed by atoms with Gasteiger partial charge >= 0.3 is 0 Å². The van der Waals surface area contributed by atoms with Crippen LogP contribution in [0.3, 0.4) is 0 Å². The predicted molar refractivity (Wildman–Crippen MR) is 117 cm³/mol. The van der Waals surface area contributed by atoms with Crippen molar-refractivity contribution in [1.29, 1.82) is 0 Å². The van der Waals surface area contributed by atoms with E-state index >= 15 is 0 Å². The van der Waals surface area contributed by atoms with Crippen LogP contribution >= 0.6 is 0 Å². The molecular weight excluding hydrogens is 414 g/mol. The van der Waals surface area contributed by atoms with E-state index in [4.69, 9.17) is 0 Å². The fraction of sp³-hybridized carbons (Fsp3) is 0.417. The van der Waals surface area contributed by atoms with Gasteiger partial charge in [-0.15, -0.1) is 0 Å². The number of fused-ring (bicyclic) bond motifs is 1. The number of benzene rings is 1. The van der Waals surface area contributed by atoms with Crippen LogP contribution in [0.2, 0.25) is 0 Å². The molecule has 2 atom stereocenters. The number of halogens is 2. The quantitative estimate of drug-likeness (QED) is 0.671. The Hall–Kier alpha value is -3.00. The summed E-state index contributed by atoms with van der Waals surface area (Å²) >= 11 is 0. The first kappa shape index (κ1) is 20.9. The third kappa shape index (κ3) is 3.72. The predicted octanol–water partition coefficient (Wildman–Crippen LogP) is 3.80. The van der Waals surface area contributed by atoms with Gasteiger partial charge in [0.1, 0.15) is 11.6 Å². The molecule has 3 aromatic rings. The lowest BCUT2D eigenvalue weighted by molar-refractivity contribution is 0.0622. The first-order valence-corrected chi connectivity index (χ1v) is 11.1. The zero-order valence-electron chi connectivity index (χ0n) is 17.8. The van der Waals surface area contributed by atoms with Gasteiger partial charge in [-0.05, 0) is 61.9 Å². The molecule has 2 aliphatic heterocycles. The number of hydrogen-bond donors (Lipinski definition) is 1. The number of likely N-dealkylation sites (tertiary alicyclic amines) is 1. The number of pyridine rings is 1. The van der Waals surface area contributed by atoms with E-state index in [1.165, 1.54) is 12.1 Å². The van der Waals surface area contributed by atoms with Crippen molar-refractivity contribution in [3.63, 3.8) is 0 Å². The maximum Gasteiger partial charge on any atom is 0.257 e. The standard InChI is InChI=1S/C24H26F2N4O2/c25-17-5-6-21(26)19(11-17)22-4-2-9-29(22)18-7-10-30-23(12-18)20(13-27-30)24(32)28-8-1-3-16(14-28)15-31/h5-7,10-13,16,22,31H,1-4,8-9,14-15H2/t16-,22-/m1/s1. The molecule has 0 saturated carbocycles. The highest BCUT2D eigenvalue weighted by Crippen LogP contribution is 2.38. The van der Waals surface area contributed by atoms with Crippen molar-refractivity contribution in [2.24, 2.45) is 5.92 Å². The zero-order valence-corrected chi connectivity index (χ0v) is 17.8. The Balaban J connectivity index is 1.47. The number of carbonyl (C=O) groups is 1. The first-order valence-electron chi connectivity index (χ1n) is 11.1. The molecule has 2 aliphatic rings. The summed E-state index contributed by atoms with van der Waals surface area (Å²) in [5.41, 5.74) is 2.41. The number of nitrogens with zero attached hydrogens (tertiary/aromatic N) is 4. The van der Waals surface area contributed by atoms with Gasteiger partial charge in [-0.3, -0.25) is 4.79 Å². The van der Waals surface area contributed by atoms with Crippen LogP contribution in [0.25, 0.3) is 5.52 Å². The number of aromatic nitrogens is 2. The molecule has 6 nitrogen and oxygen atoms in total. The van der Waals surface area contributed by atoms with Crippen LogP contribution in [0.15, 0.2) is 42.7 Å². The lowest BCUT2D eigenvalue weighted by Crippen LogP contribution is -2.40. The highest BCUT2D eigenvalue weighted by molar-refractivity contribution is 6.01. The van der Waals surface area contributed by atoms with Gasteiger partial charge in [0, 0.05) is 43.7 Å². The molecule has 32 heavy (non-hydrogen) atoms. The number of amides is 1. The Morgan fingerprint density at radius 2 is 1.97 bits per heavy atom. The number of aliphatic hydroxyl groups is 1. The SMILES string of the molecule is O=C(c1cnn2ccc(N3CCC[C@@H]3c3cc(F)ccc3F)cc12)N1CCC[C@@H](CO)C1. The summed E-state index contributed by atoms with van der Waals surface area (Å²) in [6.07, 6.45) is 6.77. The molecule has 0 unspecified atom stereocenters. The van der Waals surface area contributed by atoms with Crippen molar-refractivity contribution in [3.05, 3.63) is 65.5 Å². The second-order valence-electron chi connectivity index (χ2n) is 8.73. The molecule has 5 rings (SSSR count). The molecule has 0 spiro atoms. The Labute approximate surface area is 185 Å². The van der Waals surface area contributed by atoms with Crippen LogP contribution in [-0.2, 0) is 0 Å². The molecule has 168 valence electrons. The molecular formula is C24H26F2N4O2. The summed E-state index contributed by atoms with van der Waals surface area (Å²) in [4.78, 5) is 17.1. The Kier molecular flexibility index (Phi) is 5.55. The fourth-order valence-corrected chi connectivity index (χ4v) is 5.05. The van der Waals surface area contributed by atoms with E-state index < -0.39 is 11.6 Å². The maximum absolute atomic E-state index is 14.5. The van der Waals surface area contributed by atoms with Crippen LogP contribution in [0.5, 0.6) is 0 Å². The van der Waals surface area contributed by atoms with Gasteiger partial charge in [-0.25, -0.2) is 13.3 Å². The highest BCUT2D eigenvalue weighted by Gasteiger charge is 2.30. The summed E-state index contributed by atoms with van der Waals surface area (Å²) < 4.78 is 30.0. The number of anilines is 1. The Bertz CT molecular complexity index is 1150. The van der Waals surface area contributed by atoms with Crippen molar-refractivity contribution >= 4 is 17.1 Å². The minimum atomic E-state index is -0.449. The number of carbonyl (C=O) groups excluding carboxylic acids is 1. The van der Waals surface area contributed by atoms with Crippen molar-refractivity contribution in [2.75, 3.05) is 31.1 Å². The average molecular weight is 440 g/mol. The lowest BCUT2D eigenvalue weighted by atomic mass is 9.98. The molecule has 1 amide bonds. The Morgan fingerprint density at radius 3 is 2.81 bits per heavy atom. The maximum atomic E-state index is 14.5. The van der Waals surface area contributed by atoms with Gasteiger partial charge in [0.2, 0.25) is 0 Å². The van der Waals surface area contributed by atoms with Crippen molar-refractivity contribution < 1.29 is 18.7 Å². The largest absolute Gasteiger partial charge is 0.396 e. The van der Waals surface area contributed by atoms with Gasteiger partial charge in [0.15, 0.2) is 0 Å². The molecule has 2 aromatic heterocycles. The number of hydrogen-bond acceptors (Lipinski definition) is 4. The number of piperidine rings is 1. The summed E-state index contributed by atoms with van der Waals surface area (Å²) in [5, 5.41) is 13.8. The monoisotopic (exact) mass is 440 g/mol. The minimum Gasteiger partial charge on any atom is -0.396 e. The molecule has 2 fully saturated rings. The molecule has 0 bridgehead atoms. The molecule has 4 heterocycles. The van der Waals surface area contributed by atoms with E-state index in [0.29, 0.717) is 29.7 Å². The van der Waals surface area contributed by atoms with Crippen molar-refractivity contribution in [2.45, 2.75) is 31.7 Å². The van der Waals surface area contributed by atoms with Crippen molar-refractivity contribution in [1.82, 2.24) is 14.5 Å². The molecule has 1 aromatic carbocycles. The Morgan fingerprint density at radius 1 is 1.12 bits per heavy atom. The van der Waals surface area contributed by atoms with Gasteiger partial charge in [0.05, 0.1) is 23.3 Å². The van der Waals surface area contributed by atoms with Gasteiger partial charge < -0.3 is 14.9 Å². The second kappa shape index (κ2) is 8.50. The van der Waals surface area contributed by atoms with E-state index in [0.717, 1.165) is 44.0 Å². The molecule has 0 radical (unpaired) electrons. The number of aliphatic hydroxyl groups excluding tert-OH is 1. The average Bonchev–Trinajstić information content (AvgIpc) is 3.47. The van der Waals surface area contributed by atoms with E-state index in [-0.39, 0.29) is 24.5 Å². The molecule has 0 aliphatic carbocycles. The highest BCUT2D eigenvalue weighted by atomic mass is 19.1. The lowest BCUT2D eigenvalue weighted by Gasteiger charge is -2.31. The first-order chi connectivity index (χ1) is 15.5. The summed E-state index contributed by atoms with van der Waals surface area (Å²) in [7, 11) is 0. The number of rotatable bonds is 4. The zero-order chi connectivity index (χ0) is 22.2. The van der Waals surface area contributed by atoms with Crippen LogP contribution in [0.4, 0.5) is 14.5 Å². The van der Waals surface area contributed by atoms with E-state index in [1.807, 2.05) is 12.1 Å². The van der Waals surface area contributed by atoms with E-state index in [2.05, 4.69) is 10.00 Å². The smallest absolute Gasteiger partial charge is 0.257 e. The van der Waals surface area contributed by atoms with Crippen LogP contribution < -0.4 is 4.90 Å². The van der Waals surface area contributed by atoms with Gasteiger partial charge in [-0.2, -0.15) is 5.10 Å². The van der Waals surface area contributed by atoms with Crippen LogP contribution in [0.1, 0.15) is 47.6 Å². The van der Waals surface area contributed by atoms with Crippen LogP contribution in [0, 0.1) is 17.6 Å². The molecule has 1 N–H and O–H groups in total. The van der Waals surface area contributed by atoms with Crippen LogP contribution in [-0.4, -0.2) is 51.8 Å². The molecule has 2 saturated heterocycles. The van der Waals surface area contributed by atoms with E-state index in [1.54, 1.807) is 21.8 Å². The molecule has 8 heteroatoms. The van der Waals surface area contributed by atoms with E-state index in [9.17, 15) is 18.7 Å². The summed E-state index contributed by atoms with van der Waals surface area (Å²) in [6.45, 7) is 2.01. The van der Waals surface area contributed by atoms with Gasteiger partial charge in [-0.1, -0.05) is 0 Å². The summed E-state index contributed by atoms with van der Waals surface area (Å²) in [5.74, 6) is -0.843. The third-order valence-electron chi connectivity index (χ3n) is 6.70. The normalized spacial score (nSPS) is 21.5. The second-order valence-corrected chi connectivity index (χ2v) is 8.73. The fourth-order valence-electron chi connectivity index (χ4n) is 5.05. The minimum absolute atomic E-state index is 0.0790. The summed E-state index contributed by atoms with van der Waals surface area (Å²) in [6, 6.07) is 7.13. The van der Waals surface area contributed by atoms with Crippen molar-refractivity contribution in [3.8, 4) is 0 Å².